The van der Waals surface area contributed by atoms with E-state index in [0.717, 1.165) is 9.79 Å². The van der Waals surface area contributed by atoms with E-state index < -0.39 is 23.1 Å². The van der Waals surface area contributed by atoms with Crippen molar-refractivity contribution in [1.82, 2.24) is 14.4 Å². The average molecular weight is 386 g/mol. The molecule has 6 nitrogen and oxygen atoms in total. The van der Waals surface area contributed by atoms with Crippen LogP contribution in [0.15, 0.2) is 59.7 Å². The number of hydrogen-bond acceptors (Lipinski definition) is 5. The lowest BCUT2D eigenvalue weighted by Crippen LogP contribution is -2.28. The maximum Gasteiger partial charge on any atom is 0.425 e. The van der Waals surface area contributed by atoms with Crippen LogP contribution in [0, 0.1) is 0 Å². The molecule has 0 aliphatic carbocycles. The van der Waals surface area contributed by atoms with Gasteiger partial charge in [0.15, 0.2) is 22.8 Å². The lowest BCUT2D eigenvalue weighted by atomic mass is 10.2. The smallest absolute Gasteiger partial charge is 0.425 e. The molecule has 1 N–H and O–H groups in total. The third-order valence-electron chi connectivity index (χ3n) is 4.19. The number of alkyl halides is 3. The fraction of sp³-hybridized carbons (Fsp3) is 0.105. The largest absolute Gasteiger partial charge is 0.493 e. The second-order valence-electron chi connectivity index (χ2n) is 5.94. The van der Waals surface area contributed by atoms with E-state index in [9.17, 15) is 18.0 Å². The van der Waals surface area contributed by atoms with Gasteiger partial charge >= 0.3 is 6.18 Å². The third kappa shape index (κ3) is 3.00. The molecule has 1 aromatic carbocycles. The first-order chi connectivity index (χ1) is 13.4. The average Bonchev–Trinajstić information content (AvgIpc) is 2.66. The molecule has 0 aliphatic heterocycles. The first-order valence-corrected chi connectivity index (χ1v) is 8.17. The normalized spacial score (nSPS) is 11.7. The number of benzene rings is 1. The summed E-state index contributed by atoms with van der Waals surface area (Å²) in [6, 6.07) is 11.3. The molecule has 28 heavy (non-hydrogen) atoms. The summed E-state index contributed by atoms with van der Waals surface area (Å²) in [4.78, 5) is 20.8. The van der Waals surface area contributed by atoms with E-state index in [4.69, 9.17) is 4.74 Å². The lowest BCUT2D eigenvalue weighted by Gasteiger charge is -2.16. The molecule has 4 rings (SSSR count). The number of nitrogens with zero attached hydrogens (tertiary/aromatic N) is 3. The molecule has 0 saturated carbocycles. The van der Waals surface area contributed by atoms with E-state index in [0.29, 0.717) is 11.2 Å². The fourth-order valence-electron chi connectivity index (χ4n) is 2.93. The van der Waals surface area contributed by atoms with Gasteiger partial charge in [-0.05, 0) is 36.4 Å². The minimum atomic E-state index is -4.89. The predicted octanol–water partition coefficient (Wildman–Crippen LogP) is 4.01. The van der Waals surface area contributed by atoms with Gasteiger partial charge in [0.1, 0.15) is 0 Å². The molecule has 3 heterocycles. The SMILES string of the molecule is COc1cccn2c(=O)c(C(F)(F)F)c(Nc3ccc4ncccc4c3)nc12. The molecule has 4 aromatic rings. The first kappa shape index (κ1) is 17.8. The number of nitrogens with one attached hydrogen (secondary N) is 1. The van der Waals surface area contributed by atoms with Gasteiger partial charge in [0.05, 0.1) is 12.6 Å². The number of pyridine rings is 2. The van der Waals surface area contributed by atoms with E-state index in [2.05, 4.69) is 15.3 Å². The van der Waals surface area contributed by atoms with Gasteiger partial charge in [-0.25, -0.2) is 4.98 Å². The van der Waals surface area contributed by atoms with Gasteiger partial charge in [0.2, 0.25) is 0 Å². The molecule has 142 valence electrons. The van der Waals surface area contributed by atoms with Gasteiger partial charge in [-0.15, -0.1) is 0 Å². The van der Waals surface area contributed by atoms with Gasteiger partial charge < -0.3 is 10.1 Å². The van der Waals surface area contributed by atoms with Gasteiger partial charge in [-0.3, -0.25) is 14.2 Å². The molecule has 0 fully saturated rings. The number of aromatic nitrogens is 3. The Balaban J connectivity index is 1.94. The molecule has 0 aliphatic rings. The van der Waals surface area contributed by atoms with Crippen LogP contribution < -0.4 is 15.6 Å². The Morgan fingerprint density at radius 3 is 2.71 bits per heavy atom. The first-order valence-electron chi connectivity index (χ1n) is 8.17. The summed E-state index contributed by atoms with van der Waals surface area (Å²) in [6.07, 6.45) is -2.06. The van der Waals surface area contributed by atoms with E-state index in [-0.39, 0.29) is 11.4 Å². The van der Waals surface area contributed by atoms with Gasteiger partial charge in [-0.1, -0.05) is 6.07 Å². The lowest BCUT2D eigenvalue weighted by molar-refractivity contribution is -0.138. The van der Waals surface area contributed by atoms with Crippen molar-refractivity contribution >= 4 is 28.1 Å². The molecular formula is C19H13F3N4O2. The highest BCUT2D eigenvalue weighted by Gasteiger charge is 2.39. The number of methoxy groups -OCH3 is 1. The predicted molar refractivity (Wildman–Crippen MR) is 98.0 cm³/mol. The molecule has 0 saturated heterocycles. The second kappa shape index (κ2) is 6.52. The van der Waals surface area contributed by atoms with Crippen LogP contribution in [0.3, 0.4) is 0 Å². The minimum Gasteiger partial charge on any atom is -0.493 e. The number of anilines is 2. The monoisotopic (exact) mass is 386 g/mol. The molecule has 0 bridgehead atoms. The number of rotatable bonds is 3. The van der Waals surface area contributed by atoms with Crippen LogP contribution >= 0.6 is 0 Å². The summed E-state index contributed by atoms with van der Waals surface area (Å²) in [5.74, 6) is -0.413. The van der Waals surface area contributed by atoms with Crippen molar-refractivity contribution < 1.29 is 17.9 Å². The maximum absolute atomic E-state index is 13.6. The summed E-state index contributed by atoms with van der Waals surface area (Å²) in [5.41, 5.74) is -1.60. The summed E-state index contributed by atoms with van der Waals surface area (Å²) in [5, 5.41) is 3.36. The highest BCUT2D eigenvalue weighted by Crippen LogP contribution is 2.34. The molecule has 0 unspecified atom stereocenters. The van der Waals surface area contributed by atoms with Crippen molar-refractivity contribution in [2.45, 2.75) is 6.18 Å². The van der Waals surface area contributed by atoms with Crippen LogP contribution in [0.1, 0.15) is 5.56 Å². The van der Waals surface area contributed by atoms with E-state index in [1.54, 1.807) is 36.5 Å². The molecule has 3 aromatic heterocycles. The quantitative estimate of drug-likeness (QED) is 0.576. The highest BCUT2D eigenvalue weighted by atomic mass is 19.4. The summed E-state index contributed by atoms with van der Waals surface area (Å²) in [7, 11) is 1.35. The molecule has 0 atom stereocenters. The Morgan fingerprint density at radius 1 is 1.14 bits per heavy atom. The van der Waals surface area contributed by atoms with E-state index in [1.807, 2.05) is 0 Å². The van der Waals surface area contributed by atoms with Crippen LogP contribution in [0.2, 0.25) is 0 Å². The van der Waals surface area contributed by atoms with Crippen LogP contribution in [0.4, 0.5) is 24.7 Å². The Labute approximate surface area is 156 Å². The molecule has 0 amide bonds. The van der Waals surface area contributed by atoms with Crippen LogP contribution in [0.25, 0.3) is 16.6 Å². The molecule has 0 spiro atoms. The number of fused-ring (bicyclic) bond motifs is 2. The second-order valence-corrected chi connectivity index (χ2v) is 5.94. The van der Waals surface area contributed by atoms with Crippen molar-refractivity contribution in [3.8, 4) is 5.75 Å². The standard InChI is InChI=1S/C19H13F3N4O2/c1-28-14-5-3-9-26-17(14)25-16(15(18(26)27)19(20,21)22)24-12-6-7-13-11(10-12)4-2-8-23-13/h2-10,24H,1H3. The van der Waals surface area contributed by atoms with Gasteiger partial charge in [-0.2, -0.15) is 13.2 Å². The minimum absolute atomic E-state index is 0.0204. The van der Waals surface area contributed by atoms with Crippen LogP contribution in [-0.4, -0.2) is 21.5 Å². The number of ether oxygens (including phenoxy) is 1. The van der Waals surface area contributed by atoms with Crippen molar-refractivity contribution in [2.75, 3.05) is 12.4 Å². The molecule has 0 radical (unpaired) electrons. The number of hydrogen-bond donors (Lipinski definition) is 1. The van der Waals surface area contributed by atoms with Crippen molar-refractivity contribution in [3.63, 3.8) is 0 Å². The third-order valence-corrected chi connectivity index (χ3v) is 4.19. The van der Waals surface area contributed by atoms with Crippen molar-refractivity contribution in [3.05, 3.63) is 70.8 Å². The Hall–Kier alpha value is -3.62. The van der Waals surface area contributed by atoms with E-state index in [1.165, 1.54) is 25.4 Å². The Kier molecular flexibility index (Phi) is 4.14. The van der Waals surface area contributed by atoms with Crippen molar-refractivity contribution in [2.24, 2.45) is 0 Å². The zero-order valence-corrected chi connectivity index (χ0v) is 14.5. The number of halogens is 3. The van der Waals surface area contributed by atoms with E-state index >= 15 is 0 Å². The highest BCUT2D eigenvalue weighted by molar-refractivity contribution is 5.83. The van der Waals surface area contributed by atoms with Gasteiger partial charge in [0.25, 0.3) is 5.56 Å². The van der Waals surface area contributed by atoms with Crippen molar-refractivity contribution in [1.29, 1.82) is 0 Å². The zero-order chi connectivity index (χ0) is 19.9. The summed E-state index contributed by atoms with van der Waals surface area (Å²) < 4.78 is 46.9. The fourth-order valence-corrected chi connectivity index (χ4v) is 2.93. The summed E-state index contributed by atoms with van der Waals surface area (Å²) in [6.45, 7) is 0. The summed E-state index contributed by atoms with van der Waals surface area (Å²) >= 11 is 0. The topological polar surface area (TPSA) is 68.5 Å². The van der Waals surface area contributed by atoms with Gasteiger partial charge in [0, 0.05) is 23.5 Å². The van der Waals surface area contributed by atoms with Crippen LogP contribution in [0.5, 0.6) is 5.75 Å². The molecule has 9 heteroatoms. The van der Waals surface area contributed by atoms with Crippen LogP contribution in [-0.2, 0) is 6.18 Å². The Morgan fingerprint density at radius 2 is 1.96 bits per heavy atom. The maximum atomic E-state index is 13.6. The Bertz CT molecular complexity index is 1250. The molecular weight excluding hydrogens is 373 g/mol. The zero-order valence-electron chi connectivity index (χ0n) is 14.5.